The van der Waals surface area contributed by atoms with Gasteiger partial charge in [-0.3, -0.25) is 20.0 Å². The minimum atomic E-state index is -1.13. The highest BCUT2D eigenvalue weighted by Gasteiger charge is 2.41. The molecule has 0 fully saturated rings. The van der Waals surface area contributed by atoms with E-state index in [0.29, 0.717) is 24.5 Å². The van der Waals surface area contributed by atoms with Gasteiger partial charge in [-0.1, -0.05) is 30.3 Å². The van der Waals surface area contributed by atoms with Crippen molar-refractivity contribution < 1.29 is 24.0 Å². The lowest BCUT2D eigenvalue weighted by Gasteiger charge is -2.29. The molecule has 1 aliphatic heterocycles. The van der Waals surface area contributed by atoms with E-state index in [2.05, 4.69) is 10.3 Å². The minimum Gasteiger partial charge on any atom is -0.466 e. The third-order valence-corrected chi connectivity index (χ3v) is 5.67. The topological polar surface area (TPSA) is 124 Å². The number of aromatic nitrogens is 1. The van der Waals surface area contributed by atoms with Gasteiger partial charge in [0.1, 0.15) is 12.3 Å². The van der Waals surface area contributed by atoms with Crippen LogP contribution in [0.25, 0.3) is 0 Å². The van der Waals surface area contributed by atoms with Gasteiger partial charge in [0, 0.05) is 36.7 Å². The van der Waals surface area contributed by atoms with Crippen LogP contribution in [-0.2, 0) is 25.6 Å². The van der Waals surface area contributed by atoms with Gasteiger partial charge in [-0.15, -0.1) is 0 Å². The number of nitro groups is 1. The number of ether oxygens (including phenoxy) is 2. The predicted octanol–water partition coefficient (Wildman–Crippen LogP) is 3.07. The zero-order chi connectivity index (χ0) is 25.5. The molecule has 184 valence electrons. The number of pyridine rings is 1. The molecule has 1 aliphatic rings. The Kier molecular flexibility index (Phi) is 8.32. The number of likely N-dealkylation sites (N-methyl/N-ethyl adjacent to an activating group) is 1. The van der Waals surface area contributed by atoms with Crippen molar-refractivity contribution in [2.45, 2.75) is 26.3 Å². The molecule has 10 nitrogen and oxygen atoms in total. The molecule has 1 atom stereocenters. The van der Waals surface area contributed by atoms with Crippen molar-refractivity contribution in [3.8, 4) is 0 Å². The molecule has 2 heterocycles. The van der Waals surface area contributed by atoms with Crippen LogP contribution in [-0.4, -0.2) is 54.1 Å². The van der Waals surface area contributed by atoms with Crippen LogP contribution < -0.4 is 5.32 Å². The highest BCUT2D eigenvalue weighted by atomic mass is 16.6. The number of dihydropyridines is 1. The molecule has 0 spiro atoms. The third-order valence-electron chi connectivity index (χ3n) is 5.67. The molecule has 1 unspecified atom stereocenters. The fourth-order valence-electron chi connectivity index (χ4n) is 4.05. The first-order chi connectivity index (χ1) is 16.7. The Bertz CT molecular complexity index is 1180. The second-order valence-corrected chi connectivity index (χ2v) is 8.15. The molecule has 1 aromatic carbocycles. The molecule has 0 bridgehead atoms. The van der Waals surface area contributed by atoms with Gasteiger partial charge < -0.3 is 14.8 Å². The number of hydrogen-bond acceptors (Lipinski definition) is 9. The number of benzene rings is 1. The summed E-state index contributed by atoms with van der Waals surface area (Å²) in [4.78, 5) is 43.3. The van der Waals surface area contributed by atoms with Gasteiger partial charge in [-0.05, 0) is 32.5 Å². The van der Waals surface area contributed by atoms with Crippen molar-refractivity contribution in [3.05, 3.63) is 92.6 Å². The summed E-state index contributed by atoms with van der Waals surface area (Å²) in [6.45, 7) is 4.52. The number of esters is 2. The van der Waals surface area contributed by atoms with Gasteiger partial charge in [0.25, 0.3) is 5.69 Å². The molecule has 1 N–H and O–H groups in total. The van der Waals surface area contributed by atoms with Gasteiger partial charge in [-0.2, -0.15) is 0 Å². The molecule has 0 amide bonds. The zero-order valence-corrected chi connectivity index (χ0v) is 20.1. The summed E-state index contributed by atoms with van der Waals surface area (Å²) in [5.74, 6) is -2.54. The second-order valence-electron chi connectivity index (χ2n) is 8.15. The molecule has 1 aromatic heterocycles. The lowest BCUT2D eigenvalue weighted by molar-refractivity contribution is -0.386. The molecule has 10 heteroatoms. The van der Waals surface area contributed by atoms with E-state index in [1.807, 2.05) is 42.3 Å². The van der Waals surface area contributed by atoms with Gasteiger partial charge in [0.2, 0.25) is 0 Å². The van der Waals surface area contributed by atoms with Crippen molar-refractivity contribution in [1.82, 2.24) is 15.2 Å². The number of carbonyl (C=O) groups is 2. The lowest BCUT2D eigenvalue weighted by atomic mass is 9.82. The van der Waals surface area contributed by atoms with Crippen LogP contribution in [0, 0.1) is 10.1 Å². The molecule has 0 saturated carbocycles. The van der Waals surface area contributed by atoms with E-state index in [9.17, 15) is 19.7 Å². The number of allylic oxidation sites excluding steroid dienone is 2. The first-order valence-corrected chi connectivity index (χ1v) is 11.0. The number of hydrogen-bond donors (Lipinski definition) is 1. The summed E-state index contributed by atoms with van der Waals surface area (Å²) < 4.78 is 10.5. The van der Waals surface area contributed by atoms with E-state index in [4.69, 9.17) is 9.47 Å². The number of methoxy groups -OCH3 is 1. The summed E-state index contributed by atoms with van der Waals surface area (Å²) in [5, 5.41) is 14.7. The Labute approximate surface area is 203 Å². The van der Waals surface area contributed by atoms with E-state index in [1.165, 1.54) is 25.4 Å². The van der Waals surface area contributed by atoms with Gasteiger partial charge in [-0.25, -0.2) is 9.59 Å². The smallest absolute Gasteiger partial charge is 0.336 e. The van der Waals surface area contributed by atoms with E-state index in [1.54, 1.807) is 13.8 Å². The SMILES string of the molecule is COC(=O)C1=C(C)NC(C)=C(C(=O)OCCN(C)Cc2ccccc2)C1c1ncccc1[N+](=O)[O-]. The Morgan fingerprint density at radius 2 is 1.74 bits per heavy atom. The first kappa shape index (κ1) is 25.6. The van der Waals surface area contributed by atoms with Crippen LogP contribution in [0.1, 0.15) is 31.0 Å². The largest absolute Gasteiger partial charge is 0.466 e. The van der Waals surface area contributed by atoms with Crippen LogP contribution in [0.4, 0.5) is 5.69 Å². The minimum absolute atomic E-state index is 0.0359. The summed E-state index contributed by atoms with van der Waals surface area (Å²) in [6, 6.07) is 12.6. The van der Waals surface area contributed by atoms with Crippen molar-refractivity contribution >= 4 is 17.6 Å². The highest BCUT2D eigenvalue weighted by molar-refractivity contribution is 6.00. The van der Waals surface area contributed by atoms with Gasteiger partial charge in [0.05, 0.1) is 29.1 Å². The molecular weight excluding hydrogens is 452 g/mol. The summed E-state index contributed by atoms with van der Waals surface area (Å²) in [7, 11) is 3.12. The fourth-order valence-corrected chi connectivity index (χ4v) is 4.05. The van der Waals surface area contributed by atoms with Crippen LogP contribution in [0.3, 0.4) is 0 Å². The number of nitrogens with zero attached hydrogens (tertiary/aromatic N) is 3. The summed E-state index contributed by atoms with van der Waals surface area (Å²) in [6.07, 6.45) is 1.38. The summed E-state index contributed by atoms with van der Waals surface area (Å²) >= 11 is 0. The Morgan fingerprint density at radius 3 is 2.37 bits per heavy atom. The van der Waals surface area contributed by atoms with E-state index in [0.717, 1.165) is 5.56 Å². The maximum Gasteiger partial charge on any atom is 0.336 e. The third kappa shape index (κ3) is 5.90. The molecule has 0 saturated heterocycles. The van der Waals surface area contributed by atoms with Crippen LogP contribution >= 0.6 is 0 Å². The normalized spacial score (nSPS) is 15.6. The maximum atomic E-state index is 13.3. The quantitative estimate of drug-likeness (QED) is 0.327. The fraction of sp³-hybridized carbons (Fsp3) is 0.320. The molecule has 2 aromatic rings. The van der Waals surface area contributed by atoms with E-state index >= 15 is 0 Å². The lowest BCUT2D eigenvalue weighted by Crippen LogP contribution is -2.33. The average molecular weight is 481 g/mol. The maximum absolute atomic E-state index is 13.3. The van der Waals surface area contributed by atoms with Crippen LogP contribution in [0.2, 0.25) is 0 Å². The Morgan fingerprint density at radius 1 is 1.09 bits per heavy atom. The second kappa shape index (κ2) is 11.4. The molecule has 35 heavy (non-hydrogen) atoms. The monoisotopic (exact) mass is 480 g/mol. The van der Waals surface area contributed by atoms with Crippen molar-refractivity contribution in [1.29, 1.82) is 0 Å². The standard InChI is InChI=1S/C25H28N4O6/c1-16-20(24(30)34-4)22(23-19(29(32)33)11-8-12-26-23)21(17(2)27-16)25(31)35-14-13-28(3)15-18-9-6-5-7-10-18/h5-12,22,27H,13-15H2,1-4H3. The Balaban J connectivity index is 1.87. The van der Waals surface area contributed by atoms with Crippen LogP contribution in [0.15, 0.2) is 71.2 Å². The first-order valence-electron chi connectivity index (χ1n) is 11.0. The number of rotatable bonds is 9. The van der Waals surface area contributed by atoms with Crippen molar-refractivity contribution in [2.24, 2.45) is 0 Å². The van der Waals surface area contributed by atoms with Crippen molar-refractivity contribution in [3.63, 3.8) is 0 Å². The van der Waals surface area contributed by atoms with Crippen molar-refractivity contribution in [2.75, 3.05) is 27.3 Å². The molecular formula is C25H28N4O6. The van der Waals surface area contributed by atoms with Gasteiger partial charge in [0.15, 0.2) is 0 Å². The highest BCUT2D eigenvalue weighted by Crippen LogP contribution is 2.41. The predicted molar refractivity (Wildman–Crippen MR) is 128 cm³/mol. The zero-order valence-electron chi connectivity index (χ0n) is 20.1. The number of carbonyl (C=O) groups excluding carboxylic acids is 2. The molecule has 0 radical (unpaired) electrons. The van der Waals surface area contributed by atoms with E-state index in [-0.39, 0.29) is 29.1 Å². The van der Waals surface area contributed by atoms with E-state index < -0.39 is 22.8 Å². The number of nitrogens with one attached hydrogen (secondary N) is 1. The van der Waals surface area contributed by atoms with Gasteiger partial charge >= 0.3 is 11.9 Å². The average Bonchev–Trinajstić information content (AvgIpc) is 2.83. The van der Waals surface area contributed by atoms with Crippen LogP contribution in [0.5, 0.6) is 0 Å². The molecule has 3 rings (SSSR count). The Hall–Kier alpha value is -4.05. The molecule has 0 aliphatic carbocycles. The summed E-state index contributed by atoms with van der Waals surface area (Å²) in [5.41, 5.74) is 1.75.